The molecule has 1 N–H and O–H groups in total. The molecule has 0 bridgehead atoms. The Kier molecular flexibility index (Phi) is 8.15. The average Bonchev–Trinajstić information content (AvgIpc) is 2.80. The minimum atomic E-state index is -0.713. The molecule has 5 heteroatoms. The van der Waals surface area contributed by atoms with E-state index in [9.17, 15) is 4.79 Å². The van der Waals surface area contributed by atoms with Gasteiger partial charge >= 0.3 is 5.97 Å². The number of rotatable bonds is 8. The Morgan fingerprint density at radius 1 is 1.16 bits per heavy atom. The van der Waals surface area contributed by atoms with Crippen LogP contribution >= 0.6 is 11.8 Å². The minimum Gasteiger partial charge on any atom is -0.481 e. The molecule has 0 spiro atoms. The molecular formula is C26H32N2O2S. The molecule has 1 aromatic heterocycles. The lowest BCUT2D eigenvalue weighted by Crippen LogP contribution is -2.28. The summed E-state index contributed by atoms with van der Waals surface area (Å²) in [7, 11) is 0. The van der Waals surface area contributed by atoms with Gasteiger partial charge < -0.3 is 5.11 Å². The SMILES string of the molecule is CCC(CCCc1ccc(C#Cc2ccc3c(c2)C(CC)(CC)CCS3)nn1)C(=O)O. The zero-order valence-electron chi connectivity index (χ0n) is 18.8. The fraction of sp³-hybridized carbons (Fsp3) is 0.500. The van der Waals surface area contributed by atoms with Crippen molar-refractivity contribution in [1.82, 2.24) is 10.2 Å². The van der Waals surface area contributed by atoms with Gasteiger partial charge in [-0.05, 0) is 97.9 Å². The molecule has 3 rings (SSSR count). The van der Waals surface area contributed by atoms with Crippen LogP contribution in [-0.4, -0.2) is 27.0 Å². The third-order valence-corrected chi connectivity index (χ3v) is 7.70. The lowest BCUT2D eigenvalue weighted by molar-refractivity contribution is -0.142. The average molecular weight is 437 g/mol. The van der Waals surface area contributed by atoms with E-state index in [-0.39, 0.29) is 11.3 Å². The van der Waals surface area contributed by atoms with Crippen molar-refractivity contribution < 1.29 is 9.90 Å². The molecule has 0 fully saturated rings. The number of aliphatic carboxylic acids is 1. The Labute approximate surface area is 190 Å². The maximum atomic E-state index is 11.1. The first-order chi connectivity index (χ1) is 15.0. The molecule has 0 saturated heterocycles. The second-order valence-corrected chi connectivity index (χ2v) is 9.43. The normalized spacial score (nSPS) is 15.5. The van der Waals surface area contributed by atoms with E-state index in [0.717, 1.165) is 36.9 Å². The Bertz CT molecular complexity index is 956. The van der Waals surface area contributed by atoms with Crippen molar-refractivity contribution in [3.63, 3.8) is 0 Å². The molecule has 4 nitrogen and oxygen atoms in total. The van der Waals surface area contributed by atoms with E-state index in [4.69, 9.17) is 5.11 Å². The summed E-state index contributed by atoms with van der Waals surface area (Å²) in [6.45, 7) is 6.50. The van der Waals surface area contributed by atoms with Crippen LogP contribution in [0.2, 0.25) is 0 Å². The monoisotopic (exact) mass is 436 g/mol. The lowest BCUT2D eigenvalue weighted by atomic mass is 9.73. The number of hydrogen-bond donors (Lipinski definition) is 1. The van der Waals surface area contributed by atoms with Crippen LogP contribution in [-0.2, 0) is 16.6 Å². The molecule has 1 aliphatic heterocycles. The van der Waals surface area contributed by atoms with E-state index in [1.54, 1.807) is 0 Å². The first-order valence-corrected chi connectivity index (χ1v) is 12.3. The van der Waals surface area contributed by atoms with Gasteiger partial charge in [0.2, 0.25) is 0 Å². The molecule has 0 saturated carbocycles. The molecule has 0 aliphatic carbocycles. The van der Waals surface area contributed by atoms with E-state index in [2.05, 4.69) is 54.1 Å². The molecule has 2 aromatic rings. The van der Waals surface area contributed by atoms with Gasteiger partial charge in [-0.15, -0.1) is 16.9 Å². The zero-order chi connectivity index (χ0) is 22.3. The van der Waals surface area contributed by atoms with Gasteiger partial charge in [0.05, 0.1) is 11.6 Å². The van der Waals surface area contributed by atoms with Crippen molar-refractivity contribution >= 4 is 17.7 Å². The van der Waals surface area contributed by atoms with E-state index in [1.807, 2.05) is 30.8 Å². The number of carbonyl (C=O) groups is 1. The summed E-state index contributed by atoms with van der Waals surface area (Å²) in [5.74, 6) is 6.62. The predicted molar refractivity (Wildman–Crippen MR) is 126 cm³/mol. The Morgan fingerprint density at radius 2 is 1.97 bits per heavy atom. The summed E-state index contributed by atoms with van der Waals surface area (Å²) < 4.78 is 0. The van der Waals surface area contributed by atoms with Crippen molar-refractivity contribution in [3.8, 4) is 11.8 Å². The first kappa shape index (κ1) is 23.3. The van der Waals surface area contributed by atoms with Crippen LogP contribution in [0.3, 0.4) is 0 Å². The van der Waals surface area contributed by atoms with Crippen LogP contribution in [0.25, 0.3) is 0 Å². The van der Waals surface area contributed by atoms with Crippen LogP contribution in [0.1, 0.15) is 81.8 Å². The second kappa shape index (κ2) is 10.8. The zero-order valence-corrected chi connectivity index (χ0v) is 19.6. The van der Waals surface area contributed by atoms with E-state index in [1.165, 1.54) is 22.6 Å². The highest BCUT2D eigenvalue weighted by atomic mass is 32.2. The Balaban J connectivity index is 1.67. The molecule has 0 amide bonds. The van der Waals surface area contributed by atoms with Crippen LogP contribution in [0.4, 0.5) is 0 Å². The number of aromatic nitrogens is 2. The fourth-order valence-electron chi connectivity index (χ4n) is 4.35. The standard InChI is InChI=1S/C26H32N2O2S/c1-4-20(25(29)30)8-7-9-21-13-14-22(28-27-21)12-10-19-11-15-24-23(18-19)26(5-2,6-3)16-17-31-24/h11,13-15,18,20H,4-9,16-17H2,1-3H3,(H,29,30). The van der Waals surface area contributed by atoms with E-state index < -0.39 is 5.97 Å². The first-order valence-electron chi connectivity index (χ1n) is 11.4. The second-order valence-electron chi connectivity index (χ2n) is 8.29. The molecular weight excluding hydrogens is 404 g/mol. The predicted octanol–water partition coefficient (Wildman–Crippen LogP) is 5.86. The van der Waals surface area contributed by atoms with Gasteiger partial charge in [0.15, 0.2) is 0 Å². The summed E-state index contributed by atoms with van der Waals surface area (Å²) in [6, 6.07) is 10.4. The lowest BCUT2D eigenvalue weighted by Gasteiger charge is -2.37. The van der Waals surface area contributed by atoms with E-state index in [0.29, 0.717) is 18.5 Å². The maximum absolute atomic E-state index is 11.1. The fourth-order valence-corrected chi connectivity index (χ4v) is 5.66. The van der Waals surface area contributed by atoms with Gasteiger partial charge in [0.25, 0.3) is 0 Å². The molecule has 164 valence electrons. The van der Waals surface area contributed by atoms with Crippen LogP contribution in [0, 0.1) is 17.8 Å². The Hall–Kier alpha value is -2.32. The smallest absolute Gasteiger partial charge is 0.306 e. The maximum Gasteiger partial charge on any atom is 0.306 e. The Morgan fingerprint density at radius 3 is 2.61 bits per heavy atom. The summed E-state index contributed by atoms with van der Waals surface area (Å²) in [4.78, 5) is 12.5. The van der Waals surface area contributed by atoms with Crippen molar-refractivity contribution in [2.24, 2.45) is 5.92 Å². The summed E-state index contributed by atoms with van der Waals surface area (Å²) in [5.41, 5.74) is 4.29. The summed E-state index contributed by atoms with van der Waals surface area (Å²) >= 11 is 1.95. The van der Waals surface area contributed by atoms with Gasteiger partial charge in [-0.2, -0.15) is 5.10 Å². The van der Waals surface area contributed by atoms with Crippen molar-refractivity contribution in [3.05, 3.63) is 52.8 Å². The van der Waals surface area contributed by atoms with Gasteiger partial charge in [-0.25, -0.2) is 0 Å². The number of carboxylic acids is 1. The third kappa shape index (κ3) is 5.68. The largest absolute Gasteiger partial charge is 0.481 e. The third-order valence-electron chi connectivity index (χ3n) is 6.62. The topological polar surface area (TPSA) is 63.1 Å². The van der Waals surface area contributed by atoms with Gasteiger partial charge in [0, 0.05) is 10.5 Å². The molecule has 1 aromatic carbocycles. The van der Waals surface area contributed by atoms with Crippen molar-refractivity contribution in [2.75, 3.05) is 5.75 Å². The van der Waals surface area contributed by atoms with Crippen LogP contribution in [0.15, 0.2) is 35.2 Å². The molecule has 1 aliphatic rings. The summed E-state index contributed by atoms with van der Waals surface area (Å²) in [5, 5.41) is 17.7. The molecule has 1 unspecified atom stereocenters. The minimum absolute atomic E-state index is 0.271. The highest BCUT2D eigenvalue weighted by Gasteiger charge is 2.33. The van der Waals surface area contributed by atoms with Crippen LogP contribution < -0.4 is 0 Å². The molecule has 0 radical (unpaired) electrons. The quantitative estimate of drug-likeness (QED) is 0.525. The van der Waals surface area contributed by atoms with Gasteiger partial charge in [0.1, 0.15) is 5.69 Å². The van der Waals surface area contributed by atoms with Gasteiger partial charge in [-0.3, -0.25) is 4.79 Å². The van der Waals surface area contributed by atoms with Crippen molar-refractivity contribution in [2.45, 2.75) is 76.0 Å². The van der Waals surface area contributed by atoms with E-state index >= 15 is 0 Å². The molecule has 1 atom stereocenters. The number of hydrogen-bond acceptors (Lipinski definition) is 4. The number of nitrogens with zero attached hydrogens (tertiary/aromatic N) is 2. The number of benzene rings is 1. The molecule has 2 heterocycles. The number of thioether (sulfide) groups is 1. The highest BCUT2D eigenvalue weighted by Crippen LogP contribution is 2.46. The molecule has 31 heavy (non-hydrogen) atoms. The number of aryl methyl sites for hydroxylation is 1. The van der Waals surface area contributed by atoms with Crippen molar-refractivity contribution in [1.29, 1.82) is 0 Å². The van der Waals surface area contributed by atoms with Gasteiger partial charge in [-0.1, -0.05) is 26.7 Å². The van der Waals surface area contributed by atoms with Crippen LogP contribution in [0.5, 0.6) is 0 Å². The number of fused-ring (bicyclic) bond motifs is 1. The number of carboxylic acid groups (broad SMARTS) is 1. The summed E-state index contributed by atoms with van der Waals surface area (Å²) in [6.07, 6.45) is 6.42. The highest BCUT2D eigenvalue weighted by molar-refractivity contribution is 7.99.